The van der Waals surface area contributed by atoms with Gasteiger partial charge in [-0.05, 0) is 13.8 Å². The molecule has 0 aromatic carbocycles. The number of rotatable bonds is 4. The summed E-state index contributed by atoms with van der Waals surface area (Å²) in [6.45, 7) is 5.63. The van der Waals surface area contributed by atoms with Gasteiger partial charge in [0.25, 0.3) is 0 Å². The lowest BCUT2D eigenvalue weighted by Gasteiger charge is -2.04. The van der Waals surface area contributed by atoms with Crippen molar-refractivity contribution in [3.05, 3.63) is 34.6 Å². The maximum absolute atomic E-state index is 4.58. The third-order valence-electron chi connectivity index (χ3n) is 3.12. The zero-order valence-corrected chi connectivity index (χ0v) is 12.0. The Morgan fingerprint density at radius 1 is 1.32 bits per heavy atom. The molecule has 0 amide bonds. The number of fused-ring (bicyclic) bond motifs is 1. The number of thiazole rings is 1. The van der Waals surface area contributed by atoms with Gasteiger partial charge in [0.2, 0.25) is 0 Å². The molecular weight excluding hydrogens is 260 g/mol. The monoisotopic (exact) mass is 276 g/mol. The second kappa shape index (κ2) is 4.75. The summed E-state index contributed by atoms with van der Waals surface area (Å²) in [7, 11) is 1.95. The van der Waals surface area contributed by atoms with E-state index >= 15 is 0 Å². The van der Waals surface area contributed by atoms with Crippen molar-refractivity contribution in [3.8, 4) is 0 Å². The first-order valence-corrected chi connectivity index (χ1v) is 6.94. The molecule has 100 valence electrons. The van der Waals surface area contributed by atoms with Crippen LogP contribution in [0.4, 0.5) is 0 Å². The Labute approximate surface area is 115 Å². The Morgan fingerprint density at radius 2 is 2.16 bits per heavy atom. The summed E-state index contributed by atoms with van der Waals surface area (Å²) in [4.78, 5) is 6.91. The van der Waals surface area contributed by atoms with E-state index in [1.54, 1.807) is 17.7 Å². The molecule has 3 aromatic rings. The molecule has 19 heavy (non-hydrogen) atoms. The Balaban J connectivity index is 1.74. The fraction of sp³-hybridized carbons (Fsp3) is 0.417. The molecule has 0 aliphatic rings. The number of hydrogen-bond donors (Lipinski definition) is 1. The minimum atomic E-state index is 0.701. The molecule has 0 atom stereocenters. The molecule has 0 aliphatic carbocycles. The first-order valence-electron chi connectivity index (χ1n) is 6.12. The summed E-state index contributed by atoms with van der Waals surface area (Å²) in [6, 6.07) is 0. The first-order chi connectivity index (χ1) is 9.15. The molecule has 0 aliphatic heterocycles. The van der Waals surface area contributed by atoms with Crippen LogP contribution in [-0.2, 0) is 20.1 Å². The van der Waals surface area contributed by atoms with Gasteiger partial charge < -0.3 is 9.88 Å². The van der Waals surface area contributed by atoms with E-state index in [2.05, 4.69) is 38.0 Å². The number of aryl methyl sites for hydroxylation is 3. The van der Waals surface area contributed by atoms with Crippen LogP contribution in [-0.4, -0.2) is 24.1 Å². The highest BCUT2D eigenvalue weighted by Gasteiger charge is 2.10. The maximum Gasteiger partial charge on any atom is 0.194 e. The molecule has 0 saturated heterocycles. The highest BCUT2D eigenvalue weighted by atomic mass is 32.1. The van der Waals surface area contributed by atoms with Crippen molar-refractivity contribution in [1.82, 2.24) is 29.5 Å². The van der Waals surface area contributed by atoms with Crippen molar-refractivity contribution in [3.63, 3.8) is 0 Å². The van der Waals surface area contributed by atoms with Gasteiger partial charge in [0, 0.05) is 24.7 Å². The smallest absolute Gasteiger partial charge is 0.194 e. The number of hydrogen-bond acceptors (Lipinski definition) is 5. The van der Waals surface area contributed by atoms with E-state index < -0.39 is 0 Å². The molecule has 0 bridgehead atoms. The molecular formula is C12H16N6S. The summed E-state index contributed by atoms with van der Waals surface area (Å²) in [5.41, 5.74) is 2.29. The molecule has 1 N–H and O–H groups in total. The highest BCUT2D eigenvalue weighted by molar-refractivity contribution is 7.17. The predicted molar refractivity (Wildman–Crippen MR) is 74.1 cm³/mol. The Morgan fingerprint density at radius 3 is 2.89 bits per heavy atom. The van der Waals surface area contributed by atoms with Crippen LogP contribution in [0.5, 0.6) is 0 Å². The standard InChI is InChI=1S/C12H16N6S/c1-8-6-18-10(9(2)15-12(18)19-8)4-13-5-11-16-14-7-17(11)3/h6-7,13H,4-5H2,1-3H3. The summed E-state index contributed by atoms with van der Waals surface area (Å²) in [5, 5.41) is 11.3. The zero-order valence-electron chi connectivity index (χ0n) is 11.2. The van der Waals surface area contributed by atoms with Crippen molar-refractivity contribution < 1.29 is 0 Å². The maximum atomic E-state index is 4.58. The lowest BCUT2D eigenvalue weighted by atomic mass is 10.3. The Hall–Kier alpha value is -1.73. The first kappa shape index (κ1) is 12.3. The van der Waals surface area contributed by atoms with Crippen molar-refractivity contribution >= 4 is 16.3 Å². The largest absolute Gasteiger partial charge is 0.320 e. The fourth-order valence-electron chi connectivity index (χ4n) is 2.08. The van der Waals surface area contributed by atoms with Crippen molar-refractivity contribution in [2.24, 2.45) is 7.05 Å². The number of aromatic nitrogens is 5. The average molecular weight is 276 g/mol. The molecule has 0 spiro atoms. The lowest BCUT2D eigenvalue weighted by Crippen LogP contribution is -2.17. The van der Waals surface area contributed by atoms with E-state index in [1.807, 2.05) is 18.5 Å². The Bertz CT molecular complexity index is 707. The quantitative estimate of drug-likeness (QED) is 0.783. The van der Waals surface area contributed by atoms with Gasteiger partial charge in [-0.1, -0.05) is 0 Å². The number of nitrogens with one attached hydrogen (secondary N) is 1. The molecule has 0 unspecified atom stereocenters. The third kappa shape index (κ3) is 2.26. The fourth-order valence-corrected chi connectivity index (χ4v) is 2.97. The Kier molecular flexibility index (Phi) is 3.08. The second-order valence-electron chi connectivity index (χ2n) is 4.60. The van der Waals surface area contributed by atoms with Crippen molar-refractivity contribution in [1.29, 1.82) is 0 Å². The summed E-state index contributed by atoms with van der Waals surface area (Å²) in [5.74, 6) is 0.930. The SMILES string of the molecule is Cc1cn2c(CNCc3nncn3C)c(C)nc2s1. The summed E-state index contributed by atoms with van der Waals surface area (Å²) >= 11 is 1.72. The van der Waals surface area contributed by atoms with Crippen molar-refractivity contribution in [2.45, 2.75) is 26.9 Å². The van der Waals surface area contributed by atoms with E-state index in [1.165, 1.54) is 10.6 Å². The molecule has 6 nitrogen and oxygen atoms in total. The number of nitrogens with zero attached hydrogens (tertiary/aromatic N) is 5. The average Bonchev–Trinajstić information content (AvgIpc) is 2.98. The predicted octanol–water partition coefficient (Wildman–Crippen LogP) is 1.43. The van der Waals surface area contributed by atoms with Gasteiger partial charge in [-0.2, -0.15) is 0 Å². The van der Waals surface area contributed by atoms with Crippen LogP contribution in [0.15, 0.2) is 12.5 Å². The summed E-state index contributed by atoms with van der Waals surface area (Å²) in [6.07, 6.45) is 3.85. The van der Waals surface area contributed by atoms with E-state index in [4.69, 9.17) is 0 Å². The second-order valence-corrected chi connectivity index (χ2v) is 5.81. The van der Waals surface area contributed by atoms with E-state index in [0.29, 0.717) is 6.54 Å². The van der Waals surface area contributed by atoms with Crippen LogP contribution in [0, 0.1) is 13.8 Å². The van der Waals surface area contributed by atoms with E-state index in [-0.39, 0.29) is 0 Å². The minimum absolute atomic E-state index is 0.701. The van der Waals surface area contributed by atoms with E-state index in [0.717, 1.165) is 23.0 Å². The van der Waals surface area contributed by atoms with Crippen LogP contribution in [0.2, 0.25) is 0 Å². The molecule has 0 saturated carbocycles. The van der Waals surface area contributed by atoms with Crippen molar-refractivity contribution in [2.75, 3.05) is 0 Å². The molecule has 7 heteroatoms. The van der Waals surface area contributed by atoms with Gasteiger partial charge in [-0.15, -0.1) is 21.5 Å². The molecule has 3 rings (SSSR count). The van der Waals surface area contributed by atoms with Crippen LogP contribution in [0.1, 0.15) is 22.1 Å². The molecule has 3 heterocycles. The molecule has 3 aromatic heterocycles. The van der Waals surface area contributed by atoms with E-state index in [9.17, 15) is 0 Å². The molecule has 0 fully saturated rings. The van der Waals surface area contributed by atoms with Gasteiger partial charge in [0.1, 0.15) is 12.2 Å². The van der Waals surface area contributed by atoms with Crippen LogP contribution < -0.4 is 5.32 Å². The third-order valence-corrected chi connectivity index (χ3v) is 4.02. The highest BCUT2D eigenvalue weighted by Crippen LogP contribution is 2.20. The van der Waals surface area contributed by atoms with Crippen LogP contribution in [0.25, 0.3) is 4.96 Å². The zero-order chi connectivity index (χ0) is 13.4. The molecule has 0 radical (unpaired) electrons. The van der Waals surface area contributed by atoms with Gasteiger partial charge in [-0.3, -0.25) is 4.40 Å². The normalized spacial score (nSPS) is 11.5. The van der Waals surface area contributed by atoms with Gasteiger partial charge >= 0.3 is 0 Å². The van der Waals surface area contributed by atoms with Gasteiger partial charge in [0.15, 0.2) is 4.96 Å². The van der Waals surface area contributed by atoms with Gasteiger partial charge in [0.05, 0.1) is 17.9 Å². The number of imidazole rings is 1. The lowest BCUT2D eigenvalue weighted by molar-refractivity contribution is 0.625. The summed E-state index contributed by atoms with van der Waals surface area (Å²) < 4.78 is 4.08. The van der Waals surface area contributed by atoms with Gasteiger partial charge in [-0.25, -0.2) is 4.98 Å². The van der Waals surface area contributed by atoms with Crippen LogP contribution >= 0.6 is 11.3 Å². The minimum Gasteiger partial charge on any atom is -0.320 e. The van der Waals surface area contributed by atoms with Crippen LogP contribution in [0.3, 0.4) is 0 Å². The topological polar surface area (TPSA) is 60.0 Å².